The predicted octanol–water partition coefficient (Wildman–Crippen LogP) is 3.93. The third-order valence-electron chi connectivity index (χ3n) is 12.0. The van der Waals surface area contributed by atoms with Gasteiger partial charge in [-0.1, -0.05) is 45.9 Å². The summed E-state index contributed by atoms with van der Waals surface area (Å²) < 4.78 is 17.8. The number of hydrazone groups is 1. The number of anilines is 1. The van der Waals surface area contributed by atoms with Crippen molar-refractivity contribution in [2.45, 2.75) is 79.5 Å². The van der Waals surface area contributed by atoms with Gasteiger partial charge in [-0.15, -0.1) is 0 Å². The summed E-state index contributed by atoms with van der Waals surface area (Å²) in [5, 5.41) is 77.2. The van der Waals surface area contributed by atoms with Crippen LogP contribution in [-0.2, 0) is 19.1 Å². The summed E-state index contributed by atoms with van der Waals surface area (Å²) in [5.74, 6) is -9.31. The van der Waals surface area contributed by atoms with Crippen LogP contribution in [0.1, 0.15) is 70.0 Å². The molecule has 16 nitrogen and oxygen atoms in total. The minimum atomic E-state index is -2.07. The van der Waals surface area contributed by atoms with Crippen LogP contribution in [0, 0.1) is 36.5 Å². The highest BCUT2D eigenvalue weighted by molar-refractivity contribution is 6.23. The minimum Gasteiger partial charge on any atom is -0.507 e. The second-order valence-electron chi connectivity index (χ2n) is 16.3. The number of nitrogens with zero attached hydrogens (tertiary/aromatic N) is 3. The highest BCUT2D eigenvalue weighted by Gasteiger charge is 2.50. The van der Waals surface area contributed by atoms with E-state index in [9.17, 15) is 45.0 Å². The number of phenols is 3. The third kappa shape index (κ3) is 8.91. The number of nitrogens with one attached hydrogen (secondary N) is 1. The number of carbonyl (C=O) groups excluding carboxylic acids is 3. The van der Waals surface area contributed by atoms with E-state index in [1.807, 2.05) is 7.05 Å². The molecule has 4 aliphatic rings. The average Bonchev–Trinajstić information content (AvgIpc) is 3.46. The number of aromatic hydroxyl groups is 3. The number of carbonyl (C=O) groups is 3. The number of fused-ring (bicyclic) bond motifs is 14. The summed E-state index contributed by atoms with van der Waals surface area (Å²) in [7, 11) is 1.98. The van der Waals surface area contributed by atoms with Crippen molar-refractivity contribution in [1.29, 1.82) is 0 Å². The summed E-state index contributed by atoms with van der Waals surface area (Å²) in [5.41, 5.74) is -0.413. The molecule has 59 heavy (non-hydrogen) atoms. The summed E-state index contributed by atoms with van der Waals surface area (Å²) in [4.78, 5) is 42.6. The number of ketones is 1. The fraction of sp³-hybridized carbons (Fsp3) is 0.535. The quantitative estimate of drug-likeness (QED) is 0.100. The van der Waals surface area contributed by atoms with Crippen LogP contribution in [0.5, 0.6) is 23.0 Å². The number of rotatable bonds is 4. The molecular formula is C43H58N4O12. The van der Waals surface area contributed by atoms with Gasteiger partial charge in [0.2, 0.25) is 0 Å². The molecule has 4 heterocycles. The zero-order valence-electron chi connectivity index (χ0n) is 35.1. The van der Waals surface area contributed by atoms with Crippen LogP contribution in [0.2, 0.25) is 0 Å². The maximum Gasteiger partial charge on any atom is 0.312 e. The molecule has 2 aromatic rings. The number of phenolic OH excluding ortho intramolecular Hbond substituents is 3. The number of ether oxygens (including phenoxy) is 3. The van der Waals surface area contributed by atoms with E-state index in [-0.39, 0.29) is 44.5 Å². The Morgan fingerprint density at radius 2 is 1.63 bits per heavy atom. The Morgan fingerprint density at radius 1 is 0.966 bits per heavy atom. The molecule has 4 aliphatic heterocycles. The number of hydrogen-bond acceptors (Lipinski definition) is 15. The molecule has 0 radical (unpaired) electrons. The maximum atomic E-state index is 14.4. The molecule has 0 saturated carbocycles. The van der Waals surface area contributed by atoms with Crippen LogP contribution in [0.15, 0.2) is 41.2 Å². The number of likely N-dealkylation sites (N-methyl/N-ethyl adjacent to an activating group) is 1. The van der Waals surface area contributed by atoms with Gasteiger partial charge >= 0.3 is 11.8 Å². The van der Waals surface area contributed by atoms with E-state index < -0.39 is 95.2 Å². The van der Waals surface area contributed by atoms with Crippen molar-refractivity contribution < 1.29 is 59.2 Å². The largest absolute Gasteiger partial charge is 0.507 e. The van der Waals surface area contributed by atoms with E-state index >= 15 is 0 Å². The van der Waals surface area contributed by atoms with Gasteiger partial charge < -0.3 is 55.1 Å². The highest BCUT2D eigenvalue weighted by atomic mass is 16.7. The first-order chi connectivity index (χ1) is 27.7. The summed E-state index contributed by atoms with van der Waals surface area (Å²) >= 11 is 0. The topological polar surface area (TPSA) is 231 Å². The molecule has 1 unspecified atom stereocenters. The second kappa shape index (κ2) is 18.0. The first-order valence-corrected chi connectivity index (χ1v) is 19.9. The van der Waals surface area contributed by atoms with E-state index in [1.54, 1.807) is 44.9 Å². The molecule has 2 aromatic carbocycles. The Labute approximate surface area is 344 Å². The number of benzene rings is 2. The van der Waals surface area contributed by atoms with Gasteiger partial charge in [0.25, 0.3) is 11.7 Å². The lowest BCUT2D eigenvalue weighted by atomic mass is 9.76. The lowest BCUT2D eigenvalue weighted by Crippen LogP contribution is -2.45. The number of piperazine rings is 1. The number of allylic oxidation sites excluding steroid dienone is 2. The summed E-state index contributed by atoms with van der Waals surface area (Å²) in [6.45, 7) is 14.5. The zero-order valence-corrected chi connectivity index (χ0v) is 35.1. The molecule has 9 atom stereocenters. The van der Waals surface area contributed by atoms with Gasteiger partial charge in [-0.2, -0.15) is 5.10 Å². The Morgan fingerprint density at radius 3 is 2.25 bits per heavy atom. The Balaban J connectivity index is 1.70. The predicted molar refractivity (Wildman–Crippen MR) is 220 cm³/mol. The van der Waals surface area contributed by atoms with Crippen molar-refractivity contribution in [3.05, 3.63) is 52.8 Å². The zero-order chi connectivity index (χ0) is 43.7. The van der Waals surface area contributed by atoms with Crippen molar-refractivity contribution in [1.82, 2.24) is 9.91 Å². The molecule has 16 heteroatoms. The number of amides is 1. The molecule has 1 saturated heterocycles. The molecule has 1 fully saturated rings. The smallest absolute Gasteiger partial charge is 0.312 e. The van der Waals surface area contributed by atoms with Crippen LogP contribution in [0.25, 0.3) is 10.8 Å². The molecule has 0 spiro atoms. The maximum absolute atomic E-state index is 14.4. The van der Waals surface area contributed by atoms with Gasteiger partial charge in [-0.25, -0.2) is 0 Å². The molecule has 6 rings (SSSR count). The van der Waals surface area contributed by atoms with Gasteiger partial charge in [-0.05, 0) is 27.0 Å². The van der Waals surface area contributed by atoms with Gasteiger partial charge in [0.05, 0.1) is 46.9 Å². The van der Waals surface area contributed by atoms with Crippen LogP contribution in [0.4, 0.5) is 5.69 Å². The second-order valence-corrected chi connectivity index (χ2v) is 16.3. The number of aliphatic hydroxyl groups excluding tert-OH is 3. The molecule has 5 bridgehead atoms. The molecule has 1 amide bonds. The van der Waals surface area contributed by atoms with E-state index in [0.29, 0.717) is 26.2 Å². The van der Waals surface area contributed by atoms with Gasteiger partial charge in [-0.3, -0.25) is 19.4 Å². The van der Waals surface area contributed by atoms with Gasteiger partial charge in [0.1, 0.15) is 23.4 Å². The van der Waals surface area contributed by atoms with Crippen LogP contribution in [-0.4, -0.2) is 128 Å². The highest BCUT2D eigenvalue weighted by Crippen LogP contribution is 2.55. The average molecular weight is 823 g/mol. The Hall–Kier alpha value is -5.16. The van der Waals surface area contributed by atoms with E-state index in [2.05, 4.69) is 15.3 Å². The number of esters is 1. The van der Waals surface area contributed by atoms with Crippen molar-refractivity contribution >= 4 is 40.3 Å². The standard InChI is InChI=1S/C43H58N4O12/c1-21-11-10-12-22(2)42(56)45-33-29(19-44-47-16-14-46(9)15-17-47)37(53)30-31(38(33)54)36(52)26(6)40-32(30)41(55)43(8,59-40)57-18-13-28(20-48)23(3)39(58-27(7)49)25(5)35(51)24(4)34(21)50/h10-13,18-19,21,23-25,28,34-35,39,48,50-54H,14-17,20H2,1-9H3,(H,45,56)/b11-10+,18-13+,22-12-,44-19+/t21-,23+,24+,25+,28+,34-,35+,39+,43?/m0/s1. The van der Waals surface area contributed by atoms with Crippen molar-refractivity contribution in [3.63, 3.8) is 0 Å². The lowest BCUT2D eigenvalue weighted by Gasteiger charge is -2.38. The number of hydrogen-bond donors (Lipinski definition) is 7. The normalized spacial score (nSPS) is 32.1. The SMILES string of the molecule is CC(=O)O[C@H]1[C@H](C)[C@H](O)[C@H](C)[C@@H](O)[C@@H](C)/C=C/C=C(/C)C(=O)Nc2c(/C=N/N3CCN(C)CC3)c(O)c3c4c(c(C)c(O)c3c2O)OC(C)(O/C=C/[C@H](CO)[C@H]1C)C4=O. The van der Waals surface area contributed by atoms with Gasteiger partial charge in [0, 0.05) is 92.7 Å². The first-order valence-electron chi connectivity index (χ1n) is 19.9. The number of aliphatic hydroxyl groups is 3. The molecule has 7 N–H and O–H groups in total. The van der Waals surface area contributed by atoms with Crippen LogP contribution >= 0.6 is 0 Å². The monoisotopic (exact) mass is 822 g/mol. The Kier molecular flexibility index (Phi) is 13.7. The molecule has 322 valence electrons. The van der Waals surface area contributed by atoms with E-state index in [0.717, 1.165) is 6.26 Å². The Bertz CT molecular complexity index is 2070. The lowest BCUT2D eigenvalue weighted by molar-refractivity contribution is -0.159. The van der Waals surface area contributed by atoms with E-state index in [4.69, 9.17) is 14.2 Å². The third-order valence-corrected chi connectivity index (χ3v) is 12.0. The fourth-order valence-electron chi connectivity index (χ4n) is 7.94. The van der Waals surface area contributed by atoms with Crippen molar-refractivity contribution in [2.75, 3.05) is 45.2 Å². The molecule has 0 aliphatic carbocycles. The van der Waals surface area contributed by atoms with E-state index in [1.165, 1.54) is 46.1 Å². The summed E-state index contributed by atoms with van der Waals surface area (Å²) in [6.07, 6.45) is 5.46. The minimum absolute atomic E-state index is 0.0406. The first kappa shape index (κ1) is 44.9. The van der Waals surface area contributed by atoms with Gasteiger partial charge in [0.15, 0.2) is 5.75 Å². The molecular weight excluding hydrogens is 764 g/mol. The fourth-order valence-corrected chi connectivity index (χ4v) is 7.94. The molecule has 0 aromatic heterocycles. The van der Waals surface area contributed by atoms with Crippen LogP contribution < -0.4 is 10.1 Å². The van der Waals surface area contributed by atoms with Crippen molar-refractivity contribution in [2.24, 2.45) is 34.7 Å². The number of Topliss-reactive ketones (excluding diaryl/α,β-unsaturated/α-hetero) is 1. The van der Waals surface area contributed by atoms with Crippen LogP contribution in [0.3, 0.4) is 0 Å². The summed E-state index contributed by atoms with van der Waals surface area (Å²) in [6, 6.07) is 0. The van der Waals surface area contributed by atoms with Crippen molar-refractivity contribution in [3.8, 4) is 23.0 Å².